The van der Waals surface area contributed by atoms with Gasteiger partial charge >= 0.3 is 7.05 Å². The van der Waals surface area contributed by atoms with E-state index in [1.165, 1.54) is 0 Å². The van der Waals surface area contributed by atoms with Gasteiger partial charge in [-0.3, -0.25) is 0 Å². The second-order valence-corrected chi connectivity index (χ2v) is 7.67. The van der Waals surface area contributed by atoms with Crippen LogP contribution in [0.15, 0.2) is 23.6 Å². The van der Waals surface area contributed by atoms with Gasteiger partial charge in [0, 0.05) is 34.2 Å². The Bertz CT molecular complexity index is 865. The molecule has 2 aromatic heterocycles. The highest BCUT2D eigenvalue weighted by atomic mass is 16.3. The predicted molar refractivity (Wildman–Crippen MR) is 93.0 cm³/mol. The van der Waals surface area contributed by atoms with Crippen LogP contribution in [0.1, 0.15) is 44.6 Å². The molecular weight excluding hydrogens is 303 g/mol. The highest BCUT2D eigenvalue weighted by Crippen LogP contribution is 2.61. The first-order valence-electron chi connectivity index (χ1n) is 8.77. The fourth-order valence-corrected chi connectivity index (χ4v) is 5.43. The van der Waals surface area contributed by atoms with Gasteiger partial charge in [0.15, 0.2) is 0 Å². The van der Waals surface area contributed by atoms with Gasteiger partial charge in [-0.15, -0.1) is 0 Å². The van der Waals surface area contributed by atoms with E-state index in [-0.39, 0.29) is 5.41 Å². The van der Waals surface area contributed by atoms with Gasteiger partial charge in [0.2, 0.25) is 0 Å². The Labute approximate surface area is 140 Å². The van der Waals surface area contributed by atoms with E-state index in [0.29, 0.717) is 5.92 Å². The molecule has 2 fully saturated rings. The summed E-state index contributed by atoms with van der Waals surface area (Å²) in [5.74, 6) is 0.443. The summed E-state index contributed by atoms with van der Waals surface area (Å²) in [4.78, 5) is 7.57. The van der Waals surface area contributed by atoms with Crippen molar-refractivity contribution in [2.75, 3.05) is 0 Å². The van der Waals surface area contributed by atoms with E-state index in [2.05, 4.69) is 27.3 Å². The van der Waals surface area contributed by atoms with E-state index >= 15 is 0 Å². The number of pyridine rings is 1. The van der Waals surface area contributed by atoms with E-state index in [1.807, 2.05) is 12.3 Å². The molecule has 0 spiro atoms. The third kappa shape index (κ3) is 1.69. The standard InChI is InChI=1S/C17H21BN4O2/c1-2-17(9-16(23)5-3-10(17)7-16)14-13-11-4-6-19-15(11)20-8-12(13)18(24)22-21-14/h4,6,8,10,22-24H,2-3,5,7,9H2,1H3,(H,19,20)/t10-,16-,17+/m0/s1. The lowest BCUT2D eigenvalue weighted by Gasteiger charge is -2.41. The minimum Gasteiger partial charge on any atom is -0.428 e. The molecule has 0 saturated heterocycles. The number of H-pyrrole nitrogens is 1. The van der Waals surface area contributed by atoms with Gasteiger partial charge in [0.25, 0.3) is 0 Å². The van der Waals surface area contributed by atoms with E-state index in [1.54, 1.807) is 6.20 Å². The van der Waals surface area contributed by atoms with Crippen molar-refractivity contribution in [2.24, 2.45) is 16.4 Å². The van der Waals surface area contributed by atoms with Crippen LogP contribution in [0.25, 0.3) is 11.0 Å². The van der Waals surface area contributed by atoms with Gasteiger partial charge in [-0.25, -0.2) is 4.98 Å². The zero-order valence-corrected chi connectivity index (χ0v) is 13.7. The zero-order valence-electron chi connectivity index (χ0n) is 13.7. The number of aromatic nitrogens is 2. The number of fused-ring (bicyclic) bond motifs is 5. The molecule has 0 aromatic carbocycles. The predicted octanol–water partition coefficient (Wildman–Crippen LogP) is 0.889. The van der Waals surface area contributed by atoms with Crippen LogP contribution in [0.3, 0.4) is 0 Å². The Balaban J connectivity index is 1.74. The van der Waals surface area contributed by atoms with Crippen molar-refractivity contribution < 1.29 is 10.1 Å². The largest absolute Gasteiger partial charge is 0.465 e. The van der Waals surface area contributed by atoms with Crippen molar-refractivity contribution in [2.45, 2.75) is 44.6 Å². The number of hydrogen-bond donors (Lipinski definition) is 4. The van der Waals surface area contributed by atoms with Crippen LogP contribution in [0.4, 0.5) is 0 Å². The summed E-state index contributed by atoms with van der Waals surface area (Å²) in [5.41, 5.74) is 2.87. The average Bonchev–Trinajstić information content (AvgIpc) is 3.26. The number of nitrogens with zero attached hydrogens (tertiary/aromatic N) is 2. The number of aliphatic hydroxyl groups is 1. The second kappa shape index (κ2) is 4.61. The smallest absolute Gasteiger partial charge is 0.428 e. The van der Waals surface area contributed by atoms with E-state index in [4.69, 9.17) is 0 Å². The van der Waals surface area contributed by atoms with Crippen LogP contribution >= 0.6 is 0 Å². The molecule has 2 aliphatic carbocycles. The Morgan fingerprint density at radius 3 is 3.04 bits per heavy atom. The minimum atomic E-state index is -0.842. The Morgan fingerprint density at radius 2 is 2.33 bits per heavy atom. The number of nitrogens with one attached hydrogen (secondary N) is 2. The normalized spacial score (nSPS) is 34.4. The van der Waals surface area contributed by atoms with Gasteiger partial charge in [-0.05, 0) is 44.1 Å². The Hall–Kier alpha value is -1.86. The second-order valence-electron chi connectivity index (χ2n) is 7.67. The maximum atomic E-state index is 10.9. The molecule has 2 saturated carbocycles. The number of hydrogen-bond acceptors (Lipinski definition) is 5. The van der Waals surface area contributed by atoms with E-state index in [9.17, 15) is 10.1 Å². The first kappa shape index (κ1) is 14.5. The maximum absolute atomic E-state index is 10.9. The summed E-state index contributed by atoms with van der Waals surface area (Å²) in [5, 5.41) is 29.7. The summed E-state index contributed by atoms with van der Waals surface area (Å²) in [6.07, 6.45) is 8.09. The number of hydrazone groups is 1. The molecule has 3 atom stereocenters. The van der Waals surface area contributed by atoms with Crippen LogP contribution in [0, 0.1) is 11.3 Å². The van der Waals surface area contributed by atoms with Crippen LogP contribution in [-0.4, -0.2) is 38.5 Å². The summed E-state index contributed by atoms with van der Waals surface area (Å²) >= 11 is 0. The van der Waals surface area contributed by atoms with E-state index < -0.39 is 12.7 Å². The molecule has 4 N–H and O–H groups in total. The first-order chi connectivity index (χ1) is 11.6. The van der Waals surface area contributed by atoms with Crippen molar-refractivity contribution in [3.63, 3.8) is 0 Å². The highest BCUT2D eigenvalue weighted by Gasteiger charge is 2.60. The lowest BCUT2D eigenvalue weighted by Crippen LogP contribution is -2.53. The summed E-state index contributed by atoms with van der Waals surface area (Å²) in [6.45, 7) is 2.19. The molecular formula is C17H21BN4O2. The van der Waals surface area contributed by atoms with Gasteiger partial charge in [0.1, 0.15) is 5.65 Å². The first-order valence-corrected chi connectivity index (χ1v) is 8.77. The fourth-order valence-electron chi connectivity index (χ4n) is 5.43. The van der Waals surface area contributed by atoms with Crippen molar-refractivity contribution in [1.29, 1.82) is 0 Å². The molecule has 0 radical (unpaired) electrons. The minimum absolute atomic E-state index is 0.138. The third-order valence-electron chi connectivity index (χ3n) is 6.56. The Morgan fingerprint density at radius 1 is 1.46 bits per heavy atom. The summed E-state index contributed by atoms with van der Waals surface area (Å²) < 4.78 is 0. The molecule has 124 valence electrons. The van der Waals surface area contributed by atoms with Crippen LogP contribution in [0.5, 0.6) is 0 Å². The molecule has 7 heteroatoms. The molecule has 2 bridgehead atoms. The highest BCUT2D eigenvalue weighted by molar-refractivity contribution is 6.66. The fraction of sp³-hybridized carbons (Fsp3) is 0.529. The molecule has 3 heterocycles. The van der Waals surface area contributed by atoms with Gasteiger partial charge < -0.3 is 20.5 Å². The molecule has 2 aromatic rings. The number of rotatable bonds is 2. The molecule has 0 amide bonds. The molecule has 6 nitrogen and oxygen atoms in total. The summed E-state index contributed by atoms with van der Waals surface area (Å²) in [7, 11) is -0.842. The van der Waals surface area contributed by atoms with Crippen LogP contribution < -0.4 is 10.8 Å². The maximum Gasteiger partial charge on any atom is 0.465 e. The lowest BCUT2D eigenvalue weighted by molar-refractivity contribution is 0.0332. The van der Waals surface area contributed by atoms with Crippen molar-refractivity contribution >= 4 is 29.3 Å². The SMILES string of the molecule is CC[C@@]1(C2=NNB(O)c3cnc4[nH]ccc4c32)C[C@]2(O)CC[C@H]1C2. The van der Waals surface area contributed by atoms with Crippen LogP contribution in [-0.2, 0) is 0 Å². The lowest BCUT2D eigenvalue weighted by atomic mass is 9.61. The monoisotopic (exact) mass is 324 g/mol. The van der Waals surface area contributed by atoms with Gasteiger partial charge in [0.05, 0.1) is 11.3 Å². The van der Waals surface area contributed by atoms with Gasteiger partial charge in [-0.2, -0.15) is 5.10 Å². The molecule has 24 heavy (non-hydrogen) atoms. The van der Waals surface area contributed by atoms with Crippen molar-refractivity contribution in [3.8, 4) is 0 Å². The molecule has 5 rings (SSSR count). The van der Waals surface area contributed by atoms with Crippen molar-refractivity contribution in [1.82, 2.24) is 15.3 Å². The Kier molecular flexibility index (Phi) is 2.78. The molecule has 0 unspecified atom stereocenters. The molecule has 3 aliphatic rings. The number of aromatic amines is 1. The third-order valence-corrected chi connectivity index (χ3v) is 6.56. The quantitative estimate of drug-likeness (QED) is 0.617. The summed E-state index contributed by atoms with van der Waals surface area (Å²) in [6, 6.07) is 2.00. The van der Waals surface area contributed by atoms with Gasteiger partial charge in [-0.1, -0.05) is 6.92 Å². The average molecular weight is 324 g/mol. The van der Waals surface area contributed by atoms with E-state index in [0.717, 1.165) is 59.9 Å². The molecule has 1 aliphatic heterocycles. The van der Waals surface area contributed by atoms with Crippen LogP contribution in [0.2, 0.25) is 0 Å². The van der Waals surface area contributed by atoms with Crippen molar-refractivity contribution in [3.05, 3.63) is 24.0 Å². The zero-order chi connectivity index (χ0) is 16.5. The topological polar surface area (TPSA) is 93.5 Å².